The molecule has 3 aromatic carbocycles. The maximum atomic E-state index is 13.0. The molecule has 0 atom stereocenters. The largest absolute Gasteiger partial charge is 0.352 e. The van der Waals surface area contributed by atoms with Crippen LogP contribution in [0.5, 0.6) is 0 Å². The van der Waals surface area contributed by atoms with Crippen LogP contribution in [0.25, 0.3) is 0 Å². The maximum absolute atomic E-state index is 13.0. The number of carbonyl (C=O) groups excluding carboxylic acids is 2. The molecule has 1 aliphatic rings. The second kappa shape index (κ2) is 10.8. The Labute approximate surface area is 203 Å². The first-order valence-electron chi connectivity index (χ1n) is 11.3. The predicted molar refractivity (Wildman–Crippen MR) is 131 cm³/mol. The van der Waals surface area contributed by atoms with E-state index in [1.165, 1.54) is 24.3 Å². The van der Waals surface area contributed by atoms with E-state index in [-0.39, 0.29) is 29.2 Å². The van der Waals surface area contributed by atoms with Gasteiger partial charge in [-0.3, -0.25) is 9.59 Å². The number of halogens is 1. The Hall–Kier alpha value is -3.56. The molecule has 0 heterocycles. The fraction of sp³-hybridized carbons (Fsp3) is 0.231. The number of hydrogen-bond acceptors (Lipinski definition) is 4. The summed E-state index contributed by atoms with van der Waals surface area (Å²) in [4.78, 5) is 24.8. The Bertz CT molecular complexity index is 1310. The normalized spacial score (nSPS) is 13.3. The highest BCUT2D eigenvalue weighted by molar-refractivity contribution is 7.89. The number of amides is 2. The van der Waals surface area contributed by atoms with Gasteiger partial charge in [-0.05, 0) is 78.9 Å². The fourth-order valence-corrected chi connectivity index (χ4v) is 4.74. The molecule has 1 saturated carbocycles. The summed E-state index contributed by atoms with van der Waals surface area (Å²) in [5.74, 6) is -0.906. The number of hydrogen-bond donors (Lipinski definition) is 3. The summed E-state index contributed by atoms with van der Waals surface area (Å²) >= 11 is 0. The molecule has 4 rings (SSSR count). The van der Waals surface area contributed by atoms with E-state index < -0.39 is 15.8 Å². The second-order valence-electron chi connectivity index (χ2n) is 8.48. The molecule has 35 heavy (non-hydrogen) atoms. The Kier molecular flexibility index (Phi) is 7.57. The lowest BCUT2D eigenvalue weighted by atomic mass is 10.1. The van der Waals surface area contributed by atoms with Gasteiger partial charge in [0.2, 0.25) is 15.9 Å². The van der Waals surface area contributed by atoms with Crippen molar-refractivity contribution in [2.45, 2.75) is 43.2 Å². The minimum absolute atomic E-state index is 0.0511. The van der Waals surface area contributed by atoms with Crippen LogP contribution in [-0.4, -0.2) is 26.3 Å². The van der Waals surface area contributed by atoms with Crippen LogP contribution in [0.3, 0.4) is 0 Å². The summed E-state index contributed by atoms with van der Waals surface area (Å²) in [7, 11) is -3.48. The van der Waals surface area contributed by atoms with Crippen molar-refractivity contribution < 1.29 is 22.4 Å². The van der Waals surface area contributed by atoms with Crippen molar-refractivity contribution in [1.82, 2.24) is 10.0 Å². The van der Waals surface area contributed by atoms with E-state index in [0.29, 0.717) is 24.2 Å². The quantitative estimate of drug-likeness (QED) is 0.398. The standard InChI is InChI=1S/C26H26FN3O4S/c27-21-9-7-20(8-10-21)26(32)29-23-3-1-2-19(16-23)17-28-25(31)15-6-18-4-13-24(14-5-18)35(33,34)30-22-11-12-22/h1-5,7-10,13-14,16,22,30H,6,11-12,15,17H2,(H,28,31)(H,29,32). The smallest absolute Gasteiger partial charge is 0.255 e. The molecule has 0 bridgehead atoms. The minimum atomic E-state index is -3.48. The zero-order valence-electron chi connectivity index (χ0n) is 19.0. The van der Waals surface area contributed by atoms with E-state index in [9.17, 15) is 22.4 Å². The van der Waals surface area contributed by atoms with Gasteiger partial charge in [-0.1, -0.05) is 24.3 Å². The van der Waals surface area contributed by atoms with Gasteiger partial charge in [0, 0.05) is 30.3 Å². The molecular formula is C26H26FN3O4S. The van der Waals surface area contributed by atoms with Gasteiger partial charge in [0.1, 0.15) is 5.82 Å². The summed E-state index contributed by atoms with van der Waals surface area (Å²) in [6, 6.07) is 19.0. The van der Waals surface area contributed by atoms with Gasteiger partial charge in [0.25, 0.3) is 5.91 Å². The average Bonchev–Trinajstić information content (AvgIpc) is 3.65. The van der Waals surface area contributed by atoms with Crippen LogP contribution < -0.4 is 15.4 Å². The van der Waals surface area contributed by atoms with Crippen LogP contribution in [0.1, 0.15) is 40.7 Å². The Balaban J connectivity index is 1.24. The number of anilines is 1. The molecule has 9 heteroatoms. The van der Waals surface area contributed by atoms with Crippen LogP contribution in [0.15, 0.2) is 77.7 Å². The lowest BCUT2D eigenvalue weighted by molar-refractivity contribution is -0.121. The molecule has 0 aliphatic heterocycles. The van der Waals surface area contributed by atoms with Crippen molar-refractivity contribution in [3.63, 3.8) is 0 Å². The summed E-state index contributed by atoms with van der Waals surface area (Å²) < 4.78 is 40.2. The molecule has 2 amide bonds. The lowest BCUT2D eigenvalue weighted by Gasteiger charge is -2.09. The number of aryl methyl sites for hydroxylation is 1. The molecule has 1 aliphatic carbocycles. The maximum Gasteiger partial charge on any atom is 0.255 e. The molecule has 0 aromatic heterocycles. The predicted octanol–water partition coefficient (Wildman–Crippen LogP) is 3.77. The number of nitrogens with one attached hydrogen (secondary N) is 3. The SMILES string of the molecule is O=C(CCc1ccc(S(=O)(=O)NC2CC2)cc1)NCc1cccc(NC(=O)c2ccc(F)cc2)c1. The second-order valence-corrected chi connectivity index (χ2v) is 10.2. The van der Waals surface area contributed by atoms with Crippen molar-refractivity contribution in [1.29, 1.82) is 0 Å². The van der Waals surface area contributed by atoms with Gasteiger partial charge in [-0.2, -0.15) is 0 Å². The van der Waals surface area contributed by atoms with Crippen molar-refractivity contribution in [2.75, 3.05) is 5.32 Å². The molecular weight excluding hydrogens is 469 g/mol. The van der Waals surface area contributed by atoms with E-state index >= 15 is 0 Å². The molecule has 0 unspecified atom stereocenters. The summed E-state index contributed by atoms with van der Waals surface area (Å²) in [6.45, 7) is 0.295. The van der Waals surface area contributed by atoms with Gasteiger partial charge < -0.3 is 10.6 Å². The van der Waals surface area contributed by atoms with Gasteiger partial charge in [0.05, 0.1) is 4.90 Å². The molecule has 182 valence electrons. The van der Waals surface area contributed by atoms with Crippen LogP contribution in [0.4, 0.5) is 10.1 Å². The highest BCUT2D eigenvalue weighted by Crippen LogP contribution is 2.22. The van der Waals surface area contributed by atoms with E-state index in [1.807, 2.05) is 6.07 Å². The first kappa shape index (κ1) is 24.6. The summed E-state index contributed by atoms with van der Waals surface area (Å²) in [5, 5.41) is 5.61. The van der Waals surface area contributed by atoms with Crippen LogP contribution in [-0.2, 0) is 27.8 Å². The lowest BCUT2D eigenvalue weighted by Crippen LogP contribution is -2.25. The molecule has 3 aromatic rings. The number of sulfonamides is 1. The molecule has 7 nitrogen and oxygen atoms in total. The van der Waals surface area contributed by atoms with Crippen molar-refractivity contribution >= 4 is 27.5 Å². The molecule has 1 fully saturated rings. The van der Waals surface area contributed by atoms with E-state index in [2.05, 4.69) is 15.4 Å². The molecule has 0 radical (unpaired) electrons. The Morgan fingerprint density at radius 1 is 0.914 bits per heavy atom. The highest BCUT2D eigenvalue weighted by Gasteiger charge is 2.27. The molecule has 0 saturated heterocycles. The van der Waals surface area contributed by atoms with Crippen LogP contribution in [0, 0.1) is 5.82 Å². The van der Waals surface area contributed by atoms with E-state index in [0.717, 1.165) is 24.0 Å². The topological polar surface area (TPSA) is 104 Å². The van der Waals surface area contributed by atoms with Crippen molar-refractivity contribution in [3.05, 3.63) is 95.3 Å². The van der Waals surface area contributed by atoms with Crippen LogP contribution >= 0.6 is 0 Å². The molecule has 3 N–H and O–H groups in total. The van der Waals surface area contributed by atoms with Crippen molar-refractivity contribution in [2.24, 2.45) is 0 Å². The number of rotatable bonds is 10. The Morgan fingerprint density at radius 2 is 1.63 bits per heavy atom. The molecule has 0 spiro atoms. The third kappa shape index (κ3) is 7.21. The van der Waals surface area contributed by atoms with Gasteiger partial charge in [-0.15, -0.1) is 0 Å². The third-order valence-electron chi connectivity index (χ3n) is 5.55. The number of carbonyl (C=O) groups is 2. The van der Waals surface area contributed by atoms with Gasteiger partial charge in [0.15, 0.2) is 0 Å². The zero-order valence-corrected chi connectivity index (χ0v) is 19.8. The average molecular weight is 496 g/mol. The van der Waals surface area contributed by atoms with Crippen LogP contribution in [0.2, 0.25) is 0 Å². The first-order valence-corrected chi connectivity index (χ1v) is 12.8. The number of benzene rings is 3. The Morgan fingerprint density at radius 3 is 2.31 bits per heavy atom. The highest BCUT2D eigenvalue weighted by atomic mass is 32.2. The van der Waals surface area contributed by atoms with Gasteiger partial charge >= 0.3 is 0 Å². The first-order chi connectivity index (χ1) is 16.8. The van der Waals surface area contributed by atoms with E-state index in [1.54, 1.807) is 42.5 Å². The van der Waals surface area contributed by atoms with E-state index in [4.69, 9.17) is 0 Å². The van der Waals surface area contributed by atoms with Crippen molar-refractivity contribution in [3.8, 4) is 0 Å². The zero-order chi connectivity index (χ0) is 24.8. The summed E-state index contributed by atoms with van der Waals surface area (Å²) in [6.07, 6.45) is 2.49. The third-order valence-corrected chi connectivity index (χ3v) is 7.09. The minimum Gasteiger partial charge on any atom is -0.352 e. The summed E-state index contributed by atoms with van der Waals surface area (Å²) in [5.41, 5.74) is 2.59. The monoisotopic (exact) mass is 495 g/mol. The van der Waals surface area contributed by atoms with Gasteiger partial charge in [-0.25, -0.2) is 17.5 Å². The fourth-order valence-electron chi connectivity index (χ4n) is 3.43.